The molecular weight excluding hydrogens is 342 g/mol. The molecule has 4 heterocycles. The fourth-order valence-electron chi connectivity index (χ4n) is 2.76. The third-order valence-corrected chi connectivity index (χ3v) is 4.98. The van der Waals surface area contributed by atoms with Crippen molar-refractivity contribution in [2.45, 2.75) is 25.7 Å². The minimum atomic E-state index is 0.419. The van der Waals surface area contributed by atoms with Crippen molar-refractivity contribution >= 4 is 22.6 Å². The molecule has 0 aromatic carbocycles. The molecule has 0 bridgehead atoms. The van der Waals surface area contributed by atoms with Gasteiger partial charge in [0.15, 0.2) is 0 Å². The van der Waals surface area contributed by atoms with Crippen LogP contribution in [0.2, 0.25) is 0 Å². The number of hydrogen-bond donors (Lipinski definition) is 0. The van der Waals surface area contributed by atoms with Gasteiger partial charge >= 0.3 is 0 Å². The smallest absolute Gasteiger partial charge is 0.259 e. The highest BCUT2D eigenvalue weighted by atomic mass is 32.1. The Hall–Kier alpha value is -2.81. The zero-order chi connectivity index (χ0) is 17.0. The van der Waals surface area contributed by atoms with Crippen molar-refractivity contribution in [2.75, 3.05) is 7.11 Å². The van der Waals surface area contributed by atoms with Crippen LogP contribution in [0.15, 0.2) is 21.2 Å². The number of ether oxygens (including phenoxy) is 1. The van der Waals surface area contributed by atoms with Gasteiger partial charge in [-0.05, 0) is 37.4 Å². The molecule has 0 amide bonds. The number of hydrogen-bond acceptors (Lipinski definition) is 9. The van der Waals surface area contributed by atoms with Crippen molar-refractivity contribution in [3.8, 4) is 28.0 Å². The van der Waals surface area contributed by atoms with E-state index in [0.29, 0.717) is 29.2 Å². The molecule has 0 radical (unpaired) electrons. The van der Waals surface area contributed by atoms with E-state index in [1.165, 1.54) is 11.5 Å². The minimum Gasteiger partial charge on any atom is -0.480 e. The molecule has 25 heavy (non-hydrogen) atoms. The molecular formula is C16H13N5O3S. The fourth-order valence-corrected chi connectivity index (χ4v) is 3.40. The maximum Gasteiger partial charge on any atom is 0.259 e. The number of rotatable bonds is 4. The zero-order valence-electron chi connectivity index (χ0n) is 13.5. The average Bonchev–Trinajstić information content (AvgIpc) is 3.04. The van der Waals surface area contributed by atoms with Gasteiger partial charge in [-0.15, -0.1) is 0 Å². The number of pyridine rings is 1. The molecule has 0 spiro atoms. The summed E-state index contributed by atoms with van der Waals surface area (Å²) in [6.07, 6.45) is 2.28. The summed E-state index contributed by atoms with van der Waals surface area (Å²) in [4.78, 5) is 9.89. The van der Waals surface area contributed by atoms with Crippen LogP contribution in [-0.2, 0) is 0 Å². The molecule has 0 saturated heterocycles. The topological polar surface area (TPSA) is 100.0 Å². The molecule has 1 fully saturated rings. The summed E-state index contributed by atoms with van der Waals surface area (Å²) in [6.45, 7) is 1.87. The van der Waals surface area contributed by atoms with E-state index in [-0.39, 0.29) is 0 Å². The van der Waals surface area contributed by atoms with Crippen molar-refractivity contribution in [3.63, 3.8) is 0 Å². The summed E-state index contributed by atoms with van der Waals surface area (Å²) in [5.41, 5.74) is 3.05. The van der Waals surface area contributed by atoms with E-state index in [4.69, 9.17) is 13.8 Å². The van der Waals surface area contributed by atoms with Crippen molar-refractivity contribution in [2.24, 2.45) is 0 Å². The van der Waals surface area contributed by atoms with E-state index in [1.54, 1.807) is 13.2 Å². The quantitative estimate of drug-likeness (QED) is 0.547. The summed E-state index contributed by atoms with van der Waals surface area (Å²) in [5, 5.41) is 8.92. The Kier molecular flexibility index (Phi) is 3.11. The van der Waals surface area contributed by atoms with Crippen LogP contribution in [0.3, 0.4) is 0 Å². The van der Waals surface area contributed by atoms with Gasteiger partial charge in [0.25, 0.3) is 11.6 Å². The molecule has 5 rings (SSSR count). The highest BCUT2D eigenvalue weighted by molar-refractivity contribution is 7.09. The van der Waals surface area contributed by atoms with Crippen LogP contribution in [-0.4, -0.2) is 31.8 Å². The lowest BCUT2D eigenvalue weighted by atomic mass is 10.1. The first kappa shape index (κ1) is 14.5. The molecule has 1 saturated carbocycles. The lowest BCUT2D eigenvalue weighted by Crippen LogP contribution is -1.91. The van der Waals surface area contributed by atoms with Gasteiger partial charge in [-0.1, -0.05) is 10.3 Å². The molecule has 8 nitrogen and oxygen atoms in total. The van der Waals surface area contributed by atoms with Gasteiger partial charge in [-0.25, -0.2) is 4.98 Å². The van der Waals surface area contributed by atoms with Crippen molar-refractivity contribution in [1.29, 1.82) is 0 Å². The SMILES string of the molecule is COc1cc(-c2noc(-c3cc(C4CC4)nc4onc(C)c34)n2)sn1. The zero-order valence-corrected chi connectivity index (χ0v) is 14.3. The fraction of sp³-hybridized carbons (Fsp3) is 0.312. The lowest BCUT2D eigenvalue weighted by Gasteiger charge is -2.01. The number of nitrogens with zero attached hydrogens (tertiary/aromatic N) is 5. The van der Waals surface area contributed by atoms with Gasteiger partial charge in [0.05, 0.1) is 28.6 Å². The standard InChI is InChI=1S/C16H13N5O3S/c1-7-13-9(5-10(8-3-4-8)17-16(13)24-19-7)15-18-14(20-23-15)11-6-12(22-2)21-25-11/h5-6,8H,3-4H2,1-2H3. The molecule has 4 aromatic rings. The molecule has 0 aliphatic heterocycles. The van der Waals surface area contributed by atoms with Crippen molar-refractivity contribution < 1.29 is 13.8 Å². The highest BCUT2D eigenvalue weighted by Crippen LogP contribution is 2.42. The van der Waals surface area contributed by atoms with Gasteiger partial charge in [-0.3, -0.25) is 0 Å². The number of methoxy groups -OCH3 is 1. The van der Waals surface area contributed by atoms with Gasteiger partial charge in [0, 0.05) is 17.7 Å². The van der Waals surface area contributed by atoms with E-state index in [0.717, 1.165) is 40.1 Å². The predicted octanol–water partition coefficient (Wildman–Crippen LogP) is 3.59. The number of aryl methyl sites for hydroxylation is 1. The molecule has 9 heteroatoms. The molecule has 0 atom stereocenters. The second kappa shape index (κ2) is 5.35. The van der Waals surface area contributed by atoms with Crippen molar-refractivity contribution in [1.82, 2.24) is 24.7 Å². The third-order valence-electron chi connectivity index (χ3n) is 4.21. The predicted molar refractivity (Wildman–Crippen MR) is 89.5 cm³/mol. The maximum atomic E-state index is 5.52. The van der Waals surface area contributed by atoms with Crippen LogP contribution in [0.5, 0.6) is 5.88 Å². The van der Waals surface area contributed by atoms with E-state index >= 15 is 0 Å². The van der Waals surface area contributed by atoms with Crippen LogP contribution in [0.1, 0.15) is 30.1 Å². The average molecular weight is 355 g/mol. The van der Waals surface area contributed by atoms with Crippen LogP contribution in [0.25, 0.3) is 33.3 Å². The van der Waals surface area contributed by atoms with Crippen LogP contribution < -0.4 is 4.74 Å². The summed E-state index contributed by atoms with van der Waals surface area (Å²) < 4.78 is 20.1. The van der Waals surface area contributed by atoms with Gasteiger partial charge in [0.1, 0.15) is 0 Å². The summed E-state index contributed by atoms with van der Waals surface area (Å²) in [6, 6.07) is 3.79. The molecule has 1 aliphatic carbocycles. The third kappa shape index (κ3) is 2.39. The Morgan fingerprint density at radius 3 is 2.80 bits per heavy atom. The van der Waals surface area contributed by atoms with E-state index < -0.39 is 0 Å². The van der Waals surface area contributed by atoms with E-state index in [9.17, 15) is 0 Å². The van der Waals surface area contributed by atoms with Crippen LogP contribution in [0, 0.1) is 6.92 Å². The normalized spacial score (nSPS) is 14.3. The molecule has 1 aliphatic rings. The second-order valence-electron chi connectivity index (χ2n) is 5.97. The Balaban J connectivity index is 1.64. The summed E-state index contributed by atoms with van der Waals surface area (Å²) >= 11 is 1.26. The minimum absolute atomic E-state index is 0.419. The Bertz CT molecular complexity index is 1080. The van der Waals surface area contributed by atoms with Gasteiger partial charge < -0.3 is 13.8 Å². The van der Waals surface area contributed by atoms with Gasteiger partial charge in [0.2, 0.25) is 11.7 Å². The largest absolute Gasteiger partial charge is 0.480 e. The first-order valence-electron chi connectivity index (χ1n) is 7.85. The van der Waals surface area contributed by atoms with Crippen molar-refractivity contribution in [3.05, 3.63) is 23.5 Å². The van der Waals surface area contributed by atoms with Gasteiger partial charge in [-0.2, -0.15) is 9.36 Å². The summed E-state index contributed by atoms with van der Waals surface area (Å²) in [7, 11) is 1.57. The second-order valence-corrected chi connectivity index (χ2v) is 6.78. The Morgan fingerprint density at radius 2 is 2.04 bits per heavy atom. The lowest BCUT2D eigenvalue weighted by molar-refractivity contribution is 0.402. The maximum absolute atomic E-state index is 5.52. The van der Waals surface area contributed by atoms with Crippen LogP contribution >= 0.6 is 11.5 Å². The molecule has 0 unspecified atom stereocenters. The first-order valence-corrected chi connectivity index (χ1v) is 8.62. The first-order chi connectivity index (χ1) is 12.2. The number of fused-ring (bicyclic) bond motifs is 1. The Labute approximate surface area is 146 Å². The molecule has 0 N–H and O–H groups in total. The monoisotopic (exact) mass is 355 g/mol. The number of aromatic nitrogens is 5. The highest BCUT2D eigenvalue weighted by Gasteiger charge is 2.29. The molecule has 4 aromatic heterocycles. The van der Waals surface area contributed by atoms with Crippen LogP contribution in [0.4, 0.5) is 0 Å². The summed E-state index contributed by atoms with van der Waals surface area (Å²) in [5.74, 6) is 1.90. The molecule has 126 valence electrons. The van der Waals surface area contributed by atoms with E-state index in [1.807, 2.05) is 13.0 Å². The Morgan fingerprint density at radius 1 is 1.16 bits per heavy atom. The van der Waals surface area contributed by atoms with E-state index in [2.05, 4.69) is 24.7 Å².